The van der Waals surface area contributed by atoms with Crippen LogP contribution in [0.3, 0.4) is 0 Å². The predicted molar refractivity (Wildman–Crippen MR) is 87.6 cm³/mol. The summed E-state index contributed by atoms with van der Waals surface area (Å²) in [6, 6.07) is 4.76. The zero-order valence-corrected chi connectivity index (χ0v) is 13.6. The van der Waals surface area contributed by atoms with Crippen LogP contribution in [0.25, 0.3) is 0 Å². The molecular formula is C17H29N3O. The molecular weight excluding hydrogens is 262 g/mol. The van der Waals surface area contributed by atoms with Crippen LogP contribution in [-0.4, -0.2) is 37.8 Å². The molecule has 1 aliphatic carbocycles. The summed E-state index contributed by atoms with van der Waals surface area (Å²) in [4.78, 5) is 7.11. The average molecular weight is 291 g/mol. The molecule has 118 valence electrons. The fourth-order valence-corrected chi connectivity index (χ4v) is 2.75. The Morgan fingerprint density at radius 3 is 2.95 bits per heavy atom. The third-order valence-electron chi connectivity index (χ3n) is 4.21. The smallest absolute Gasteiger partial charge is 0.133 e. The molecule has 4 nitrogen and oxygen atoms in total. The van der Waals surface area contributed by atoms with Gasteiger partial charge in [0.15, 0.2) is 0 Å². The molecule has 0 radical (unpaired) electrons. The third kappa shape index (κ3) is 4.68. The van der Waals surface area contributed by atoms with Gasteiger partial charge in [-0.15, -0.1) is 0 Å². The van der Waals surface area contributed by atoms with E-state index in [4.69, 9.17) is 4.74 Å². The molecule has 0 bridgehead atoms. The zero-order chi connectivity index (χ0) is 15.1. The Morgan fingerprint density at radius 2 is 2.29 bits per heavy atom. The molecule has 1 aliphatic rings. The van der Waals surface area contributed by atoms with Crippen LogP contribution in [0.5, 0.6) is 0 Å². The summed E-state index contributed by atoms with van der Waals surface area (Å²) in [5, 5.41) is 3.49. The number of pyridine rings is 1. The van der Waals surface area contributed by atoms with Crippen molar-refractivity contribution in [2.45, 2.75) is 45.7 Å². The third-order valence-corrected chi connectivity index (χ3v) is 4.21. The second-order valence-electron chi connectivity index (χ2n) is 5.93. The van der Waals surface area contributed by atoms with Gasteiger partial charge in [-0.25, -0.2) is 4.98 Å². The van der Waals surface area contributed by atoms with Gasteiger partial charge in [0.25, 0.3) is 0 Å². The minimum Gasteiger partial charge on any atom is -0.383 e. The largest absolute Gasteiger partial charge is 0.383 e. The van der Waals surface area contributed by atoms with Gasteiger partial charge in [0, 0.05) is 38.0 Å². The molecule has 21 heavy (non-hydrogen) atoms. The molecule has 1 aromatic heterocycles. The molecule has 0 saturated heterocycles. The van der Waals surface area contributed by atoms with Crippen LogP contribution < -0.4 is 10.2 Å². The number of ether oxygens (including phenoxy) is 1. The number of nitrogens with zero attached hydrogens (tertiary/aromatic N) is 2. The van der Waals surface area contributed by atoms with Crippen LogP contribution in [0.15, 0.2) is 18.3 Å². The average Bonchev–Trinajstić information content (AvgIpc) is 3.34. The highest BCUT2D eigenvalue weighted by molar-refractivity contribution is 5.48. The van der Waals surface area contributed by atoms with Crippen molar-refractivity contribution < 1.29 is 4.74 Å². The first kappa shape index (κ1) is 16.2. The van der Waals surface area contributed by atoms with Crippen molar-refractivity contribution in [3.05, 3.63) is 23.9 Å². The summed E-state index contributed by atoms with van der Waals surface area (Å²) in [6.07, 6.45) is 5.75. The molecule has 1 saturated carbocycles. The normalized spacial score (nSPS) is 16.0. The lowest BCUT2D eigenvalue weighted by Crippen LogP contribution is -2.38. The van der Waals surface area contributed by atoms with Crippen molar-refractivity contribution in [3.63, 3.8) is 0 Å². The second-order valence-corrected chi connectivity index (χ2v) is 5.93. The number of anilines is 1. The highest BCUT2D eigenvalue weighted by atomic mass is 16.5. The molecule has 0 aromatic carbocycles. The first-order chi connectivity index (χ1) is 10.3. The Balaban J connectivity index is 2.13. The minimum atomic E-state index is 0.542. The lowest BCUT2D eigenvalue weighted by molar-refractivity contribution is 0.202. The van der Waals surface area contributed by atoms with Crippen molar-refractivity contribution in [3.8, 4) is 0 Å². The van der Waals surface area contributed by atoms with E-state index in [0.717, 1.165) is 44.4 Å². The van der Waals surface area contributed by atoms with E-state index in [1.165, 1.54) is 18.4 Å². The maximum Gasteiger partial charge on any atom is 0.133 e. The van der Waals surface area contributed by atoms with Gasteiger partial charge in [0.05, 0.1) is 6.61 Å². The molecule has 0 amide bonds. The summed E-state index contributed by atoms with van der Waals surface area (Å²) >= 11 is 0. The maximum absolute atomic E-state index is 5.30. The molecule has 1 heterocycles. The summed E-state index contributed by atoms with van der Waals surface area (Å²) < 4.78 is 5.30. The van der Waals surface area contributed by atoms with Crippen LogP contribution in [-0.2, 0) is 11.3 Å². The van der Waals surface area contributed by atoms with E-state index >= 15 is 0 Å². The number of hydrogen-bond donors (Lipinski definition) is 1. The van der Waals surface area contributed by atoms with Crippen molar-refractivity contribution in [2.75, 3.05) is 31.7 Å². The van der Waals surface area contributed by atoms with Gasteiger partial charge < -0.3 is 15.0 Å². The standard InChI is InChI=1S/C17H29N3O/c1-4-9-18-13-16-6-5-10-19-17(16)20(11-12-21-3)14(2)15-7-8-15/h5-6,10,14-15,18H,4,7-9,11-13H2,1-3H3. The maximum atomic E-state index is 5.30. The number of nitrogens with one attached hydrogen (secondary N) is 1. The van der Waals surface area contributed by atoms with Gasteiger partial charge in [-0.2, -0.15) is 0 Å². The molecule has 1 fully saturated rings. The second kappa shape index (κ2) is 8.35. The molecule has 1 atom stereocenters. The van der Waals surface area contributed by atoms with Gasteiger partial charge in [-0.05, 0) is 44.7 Å². The molecule has 1 N–H and O–H groups in total. The van der Waals surface area contributed by atoms with E-state index in [0.29, 0.717) is 6.04 Å². The summed E-state index contributed by atoms with van der Waals surface area (Å²) in [6.45, 7) is 8.10. The van der Waals surface area contributed by atoms with Gasteiger partial charge in [-0.3, -0.25) is 0 Å². The summed E-state index contributed by atoms with van der Waals surface area (Å²) in [5.41, 5.74) is 1.29. The number of hydrogen-bond acceptors (Lipinski definition) is 4. The van der Waals surface area contributed by atoms with E-state index in [2.05, 4.69) is 35.1 Å². The van der Waals surface area contributed by atoms with Crippen molar-refractivity contribution >= 4 is 5.82 Å². The number of aromatic nitrogens is 1. The van der Waals surface area contributed by atoms with Crippen LogP contribution in [0, 0.1) is 5.92 Å². The van der Waals surface area contributed by atoms with Gasteiger partial charge in [0.1, 0.15) is 5.82 Å². The van der Waals surface area contributed by atoms with Crippen molar-refractivity contribution in [1.29, 1.82) is 0 Å². The monoisotopic (exact) mass is 291 g/mol. The first-order valence-electron chi connectivity index (χ1n) is 8.18. The number of methoxy groups -OCH3 is 1. The van der Waals surface area contributed by atoms with E-state index in [1.54, 1.807) is 7.11 Å². The highest BCUT2D eigenvalue weighted by Crippen LogP contribution is 2.37. The van der Waals surface area contributed by atoms with E-state index in [-0.39, 0.29) is 0 Å². The van der Waals surface area contributed by atoms with Gasteiger partial charge in [0.2, 0.25) is 0 Å². The van der Waals surface area contributed by atoms with E-state index < -0.39 is 0 Å². The van der Waals surface area contributed by atoms with Crippen LogP contribution in [0.2, 0.25) is 0 Å². The minimum absolute atomic E-state index is 0.542. The van der Waals surface area contributed by atoms with Crippen LogP contribution >= 0.6 is 0 Å². The Labute approximate surface area is 128 Å². The Bertz CT molecular complexity index is 420. The Morgan fingerprint density at radius 1 is 1.48 bits per heavy atom. The fourth-order valence-electron chi connectivity index (χ4n) is 2.75. The first-order valence-corrected chi connectivity index (χ1v) is 8.18. The Kier molecular flexibility index (Phi) is 6.46. The molecule has 1 aromatic rings. The topological polar surface area (TPSA) is 37.4 Å². The highest BCUT2D eigenvalue weighted by Gasteiger charge is 2.33. The summed E-state index contributed by atoms with van der Waals surface area (Å²) in [7, 11) is 1.77. The lowest BCUT2D eigenvalue weighted by atomic mass is 10.1. The molecule has 0 spiro atoms. The van der Waals surface area contributed by atoms with Gasteiger partial charge in [-0.1, -0.05) is 13.0 Å². The van der Waals surface area contributed by atoms with Gasteiger partial charge >= 0.3 is 0 Å². The van der Waals surface area contributed by atoms with E-state index in [9.17, 15) is 0 Å². The fraction of sp³-hybridized carbons (Fsp3) is 0.706. The molecule has 4 heteroatoms. The molecule has 2 rings (SSSR count). The zero-order valence-electron chi connectivity index (χ0n) is 13.6. The van der Waals surface area contributed by atoms with Crippen LogP contribution in [0.4, 0.5) is 5.82 Å². The summed E-state index contributed by atoms with van der Waals surface area (Å²) in [5.74, 6) is 1.94. The molecule has 0 aliphatic heterocycles. The van der Waals surface area contributed by atoms with Crippen LogP contribution in [0.1, 0.15) is 38.7 Å². The SMILES string of the molecule is CCCNCc1cccnc1N(CCOC)C(C)C1CC1. The Hall–Kier alpha value is -1.13. The quantitative estimate of drug-likeness (QED) is 0.673. The lowest BCUT2D eigenvalue weighted by Gasteiger charge is -2.32. The molecule has 1 unspecified atom stereocenters. The van der Waals surface area contributed by atoms with Crippen molar-refractivity contribution in [2.24, 2.45) is 5.92 Å². The predicted octanol–water partition coefficient (Wildman–Crippen LogP) is 2.83. The van der Waals surface area contributed by atoms with E-state index in [1.807, 2.05) is 12.3 Å². The number of rotatable bonds is 10. The van der Waals surface area contributed by atoms with Crippen molar-refractivity contribution in [1.82, 2.24) is 10.3 Å².